The predicted molar refractivity (Wildman–Crippen MR) is 100 cm³/mol. The topological polar surface area (TPSA) is 82.1 Å². The number of ether oxygens (including phenoxy) is 3. The Bertz CT molecular complexity index is 685. The van der Waals surface area contributed by atoms with Gasteiger partial charge in [-0.05, 0) is 31.7 Å². The van der Waals surface area contributed by atoms with E-state index in [1.807, 2.05) is 37.3 Å². The van der Waals surface area contributed by atoms with E-state index in [-0.39, 0.29) is 25.0 Å². The average Bonchev–Trinajstić information content (AvgIpc) is 3.27. The van der Waals surface area contributed by atoms with Crippen molar-refractivity contribution < 1.29 is 28.6 Å². The van der Waals surface area contributed by atoms with Gasteiger partial charge in [0.25, 0.3) is 0 Å². The van der Waals surface area contributed by atoms with Crippen LogP contribution in [-0.4, -0.2) is 54.8 Å². The Balaban J connectivity index is 1.62. The standard InChI is InChI=1S/C21H27NO6/c1-21(27-12-13-28-21)10-5-8-17(9-11-23)19(24)22-18(15-26-20(22)25)14-16-6-3-2-4-7-16/h2-4,6-7,11,17-18H,5,8-10,12-15H2,1H3. The number of cyclic esters (lactones) is 1. The summed E-state index contributed by atoms with van der Waals surface area (Å²) in [6.45, 7) is 3.18. The van der Waals surface area contributed by atoms with Crippen LogP contribution >= 0.6 is 0 Å². The number of rotatable bonds is 9. The van der Waals surface area contributed by atoms with Crippen LogP contribution in [0.3, 0.4) is 0 Å². The van der Waals surface area contributed by atoms with Gasteiger partial charge >= 0.3 is 6.09 Å². The predicted octanol–water partition coefficient (Wildman–Crippen LogP) is 2.72. The highest BCUT2D eigenvalue weighted by molar-refractivity contribution is 5.95. The minimum atomic E-state index is -0.628. The van der Waals surface area contributed by atoms with E-state index in [4.69, 9.17) is 14.2 Å². The van der Waals surface area contributed by atoms with Crippen molar-refractivity contribution in [2.75, 3.05) is 19.8 Å². The van der Waals surface area contributed by atoms with Gasteiger partial charge in [-0.1, -0.05) is 30.3 Å². The number of nitrogens with zero attached hydrogens (tertiary/aromatic N) is 1. The van der Waals surface area contributed by atoms with E-state index >= 15 is 0 Å². The van der Waals surface area contributed by atoms with Crippen LogP contribution in [0.1, 0.15) is 38.2 Å². The molecule has 0 bridgehead atoms. The minimum Gasteiger partial charge on any atom is -0.447 e. The number of benzene rings is 1. The summed E-state index contributed by atoms with van der Waals surface area (Å²) in [5.74, 6) is -1.52. The van der Waals surface area contributed by atoms with Crippen molar-refractivity contribution in [3.05, 3.63) is 35.9 Å². The zero-order valence-corrected chi connectivity index (χ0v) is 16.2. The molecule has 0 saturated carbocycles. The highest BCUT2D eigenvalue weighted by Crippen LogP contribution is 2.28. The van der Waals surface area contributed by atoms with Gasteiger partial charge in [0.05, 0.1) is 19.3 Å². The quantitative estimate of drug-likeness (QED) is 0.604. The van der Waals surface area contributed by atoms with Crippen molar-refractivity contribution in [2.45, 2.75) is 50.9 Å². The number of amides is 2. The van der Waals surface area contributed by atoms with E-state index in [0.717, 1.165) is 11.8 Å². The average molecular weight is 389 g/mol. The van der Waals surface area contributed by atoms with Crippen molar-refractivity contribution in [2.24, 2.45) is 5.92 Å². The highest BCUT2D eigenvalue weighted by Gasteiger charge is 2.40. The van der Waals surface area contributed by atoms with Gasteiger partial charge in [-0.25, -0.2) is 9.69 Å². The third-order valence-electron chi connectivity index (χ3n) is 5.32. The van der Waals surface area contributed by atoms with E-state index in [1.165, 1.54) is 4.90 Å². The summed E-state index contributed by atoms with van der Waals surface area (Å²) in [6, 6.07) is 9.31. The summed E-state index contributed by atoms with van der Waals surface area (Å²) in [6.07, 6.45) is 2.50. The molecule has 0 spiro atoms. The molecule has 2 unspecified atom stereocenters. The summed E-state index contributed by atoms with van der Waals surface area (Å²) in [7, 11) is 0. The summed E-state index contributed by atoms with van der Waals surface area (Å²) >= 11 is 0. The molecule has 2 fully saturated rings. The Morgan fingerprint density at radius 1 is 1.29 bits per heavy atom. The Morgan fingerprint density at radius 2 is 2.00 bits per heavy atom. The zero-order valence-electron chi connectivity index (χ0n) is 16.2. The number of aldehydes is 1. The second-order valence-electron chi connectivity index (χ2n) is 7.45. The molecule has 1 aromatic carbocycles. The Morgan fingerprint density at radius 3 is 2.68 bits per heavy atom. The smallest absolute Gasteiger partial charge is 0.416 e. The van der Waals surface area contributed by atoms with Crippen LogP contribution < -0.4 is 0 Å². The SMILES string of the molecule is CC1(CCCC(CC=O)C(=O)N2C(=O)OCC2Cc2ccccc2)OCCO1. The molecule has 0 aromatic heterocycles. The zero-order chi connectivity index (χ0) is 20.0. The lowest BCUT2D eigenvalue weighted by atomic mass is 9.95. The first-order chi connectivity index (χ1) is 13.5. The van der Waals surface area contributed by atoms with Crippen LogP contribution in [0.4, 0.5) is 4.79 Å². The second-order valence-corrected chi connectivity index (χ2v) is 7.45. The number of hydrogen-bond acceptors (Lipinski definition) is 6. The van der Waals surface area contributed by atoms with E-state index in [9.17, 15) is 14.4 Å². The van der Waals surface area contributed by atoms with Crippen molar-refractivity contribution >= 4 is 18.3 Å². The summed E-state index contributed by atoms with van der Waals surface area (Å²) in [5.41, 5.74) is 1.03. The number of carbonyl (C=O) groups excluding carboxylic acids is 3. The molecule has 7 nitrogen and oxygen atoms in total. The van der Waals surface area contributed by atoms with Gasteiger partial charge in [0.2, 0.25) is 5.91 Å². The van der Waals surface area contributed by atoms with Crippen LogP contribution in [-0.2, 0) is 30.2 Å². The maximum absolute atomic E-state index is 13.1. The van der Waals surface area contributed by atoms with Crippen LogP contribution in [0.25, 0.3) is 0 Å². The van der Waals surface area contributed by atoms with E-state index in [1.54, 1.807) is 0 Å². The van der Waals surface area contributed by atoms with Crippen molar-refractivity contribution in [1.82, 2.24) is 4.90 Å². The Hall–Kier alpha value is -2.25. The van der Waals surface area contributed by atoms with Crippen LogP contribution in [0.5, 0.6) is 0 Å². The number of hydrogen-bond donors (Lipinski definition) is 0. The molecule has 7 heteroatoms. The van der Waals surface area contributed by atoms with Crippen LogP contribution in [0.15, 0.2) is 30.3 Å². The third kappa shape index (κ3) is 4.97. The molecule has 0 aliphatic carbocycles. The number of carbonyl (C=O) groups is 3. The highest BCUT2D eigenvalue weighted by atomic mass is 16.7. The molecule has 2 heterocycles. The van der Waals surface area contributed by atoms with Crippen LogP contribution in [0.2, 0.25) is 0 Å². The van der Waals surface area contributed by atoms with Gasteiger partial charge in [-0.15, -0.1) is 0 Å². The van der Waals surface area contributed by atoms with Crippen molar-refractivity contribution in [3.63, 3.8) is 0 Å². The molecule has 0 N–H and O–H groups in total. The lowest BCUT2D eigenvalue weighted by Crippen LogP contribution is -2.43. The van der Waals surface area contributed by atoms with E-state index in [2.05, 4.69) is 0 Å². The molecular weight excluding hydrogens is 362 g/mol. The molecule has 3 rings (SSSR count). The van der Waals surface area contributed by atoms with Gasteiger partial charge in [-0.3, -0.25) is 4.79 Å². The first kappa shape index (κ1) is 20.5. The van der Waals surface area contributed by atoms with Crippen molar-refractivity contribution in [3.8, 4) is 0 Å². The fourth-order valence-corrected chi connectivity index (χ4v) is 3.79. The lowest BCUT2D eigenvalue weighted by molar-refractivity contribution is -0.149. The molecule has 2 amide bonds. The maximum atomic E-state index is 13.1. The first-order valence-corrected chi connectivity index (χ1v) is 9.78. The Kier molecular flexibility index (Phi) is 6.80. The fraction of sp³-hybridized carbons (Fsp3) is 0.571. The molecule has 152 valence electrons. The Labute approximate surface area is 164 Å². The minimum absolute atomic E-state index is 0.0824. The summed E-state index contributed by atoms with van der Waals surface area (Å²) in [4.78, 5) is 37.6. The second kappa shape index (κ2) is 9.30. The van der Waals surface area contributed by atoms with Gasteiger partial charge in [0.1, 0.15) is 12.9 Å². The lowest BCUT2D eigenvalue weighted by Gasteiger charge is -2.26. The van der Waals surface area contributed by atoms with Crippen molar-refractivity contribution in [1.29, 1.82) is 0 Å². The first-order valence-electron chi connectivity index (χ1n) is 9.78. The molecule has 2 aliphatic rings. The van der Waals surface area contributed by atoms with Gasteiger partial charge in [0, 0.05) is 18.8 Å². The van der Waals surface area contributed by atoms with Gasteiger partial charge in [-0.2, -0.15) is 0 Å². The monoisotopic (exact) mass is 389 g/mol. The maximum Gasteiger partial charge on any atom is 0.416 e. The molecule has 2 aliphatic heterocycles. The molecule has 0 radical (unpaired) electrons. The molecule has 1 aromatic rings. The van der Waals surface area contributed by atoms with E-state index in [0.29, 0.717) is 38.9 Å². The fourth-order valence-electron chi connectivity index (χ4n) is 3.79. The number of imide groups is 1. The molecule has 2 atom stereocenters. The summed E-state index contributed by atoms with van der Waals surface area (Å²) in [5, 5.41) is 0. The van der Waals surface area contributed by atoms with E-state index < -0.39 is 17.8 Å². The largest absolute Gasteiger partial charge is 0.447 e. The normalized spacial score (nSPS) is 22.1. The summed E-state index contributed by atoms with van der Waals surface area (Å²) < 4.78 is 16.3. The van der Waals surface area contributed by atoms with Gasteiger partial charge < -0.3 is 19.0 Å². The third-order valence-corrected chi connectivity index (χ3v) is 5.32. The van der Waals surface area contributed by atoms with Crippen LogP contribution in [0, 0.1) is 5.92 Å². The molecule has 2 saturated heterocycles. The molecule has 28 heavy (non-hydrogen) atoms. The molecular formula is C21H27NO6. The van der Waals surface area contributed by atoms with Gasteiger partial charge in [0.15, 0.2) is 5.79 Å².